The molecule has 2 rings (SSSR count). The highest BCUT2D eigenvalue weighted by Gasteiger charge is 2.23. The minimum absolute atomic E-state index is 0.0471. The maximum Gasteiger partial charge on any atom is 0.0584 e. The van der Waals surface area contributed by atoms with Crippen LogP contribution < -0.4 is 0 Å². The second kappa shape index (κ2) is 9.74. The summed E-state index contributed by atoms with van der Waals surface area (Å²) in [5.41, 5.74) is 1.18. The average molecular weight is 340 g/mol. The van der Waals surface area contributed by atoms with Gasteiger partial charge >= 0.3 is 0 Å². The Morgan fingerprint density at radius 1 is 1.04 bits per heavy atom. The molecule has 0 aromatic heterocycles. The van der Waals surface area contributed by atoms with Gasteiger partial charge in [-0.3, -0.25) is 0 Å². The molecule has 2 unspecified atom stereocenters. The molecular weight excluding hydrogens is 306 g/mol. The third-order valence-electron chi connectivity index (χ3n) is 4.81. The van der Waals surface area contributed by atoms with Crippen molar-refractivity contribution in [1.29, 1.82) is 0 Å². The van der Waals surface area contributed by atoms with Crippen LogP contribution in [0.25, 0.3) is 10.8 Å². The normalized spacial score (nSPS) is 14.7. The highest BCUT2D eigenvalue weighted by molar-refractivity contribution is 5.86. The molecule has 0 aliphatic heterocycles. The quantitative estimate of drug-likeness (QED) is 0.310. The molecule has 2 aromatic carbocycles. The lowest BCUT2D eigenvalue weighted by Gasteiger charge is -2.31. The van der Waals surface area contributed by atoms with Gasteiger partial charge in [0.2, 0.25) is 0 Å². The number of rotatable bonds is 9. The van der Waals surface area contributed by atoms with E-state index in [2.05, 4.69) is 82.3 Å². The van der Waals surface area contributed by atoms with Gasteiger partial charge in [0.15, 0.2) is 0 Å². The van der Waals surface area contributed by atoms with Crippen molar-refractivity contribution in [2.45, 2.75) is 65.5 Å². The lowest BCUT2D eigenvalue weighted by atomic mass is 9.96. The number of benzene rings is 2. The topological polar surface area (TPSA) is 23.5 Å². The molecule has 2 heteroatoms. The molecule has 0 saturated carbocycles. The Morgan fingerprint density at radius 2 is 1.76 bits per heavy atom. The Bertz CT molecular complexity index is 671. The van der Waals surface area contributed by atoms with Gasteiger partial charge in [0, 0.05) is 0 Å². The summed E-state index contributed by atoms with van der Waals surface area (Å²) in [6.07, 6.45) is 8.87. The largest absolute Gasteiger partial charge is 0.313 e. The van der Waals surface area contributed by atoms with Crippen LogP contribution in [0.3, 0.4) is 0 Å². The molecule has 0 aliphatic carbocycles. The van der Waals surface area contributed by atoms with Crippen LogP contribution in [0.2, 0.25) is 0 Å². The molecular formula is C23H33NO. The highest BCUT2D eigenvalue weighted by Crippen LogP contribution is 2.29. The third kappa shape index (κ3) is 5.42. The molecule has 1 N–H and O–H groups in total. The summed E-state index contributed by atoms with van der Waals surface area (Å²) in [7, 11) is 0. The zero-order valence-electron chi connectivity index (χ0n) is 16.2. The summed E-state index contributed by atoms with van der Waals surface area (Å²) < 4.78 is 0. The van der Waals surface area contributed by atoms with Crippen molar-refractivity contribution in [2.75, 3.05) is 0 Å². The third-order valence-corrected chi connectivity index (χ3v) is 4.81. The predicted octanol–water partition coefficient (Wildman–Crippen LogP) is 6.75. The van der Waals surface area contributed by atoms with Crippen molar-refractivity contribution in [1.82, 2.24) is 5.06 Å². The van der Waals surface area contributed by atoms with Crippen molar-refractivity contribution in [3.63, 3.8) is 0 Å². The van der Waals surface area contributed by atoms with Gasteiger partial charge in [-0.05, 0) is 42.0 Å². The zero-order chi connectivity index (χ0) is 18.2. The molecule has 2 atom stereocenters. The molecule has 0 saturated heterocycles. The molecule has 2 nitrogen and oxygen atoms in total. The van der Waals surface area contributed by atoms with Crippen LogP contribution in [0.1, 0.15) is 65.0 Å². The summed E-state index contributed by atoms with van der Waals surface area (Å²) >= 11 is 0. The van der Waals surface area contributed by atoms with E-state index in [1.165, 1.54) is 29.2 Å². The number of nitrogens with zero attached hydrogens (tertiary/aromatic N) is 1. The molecule has 0 amide bonds. The van der Waals surface area contributed by atoms with E-state index in [-0.39, 0.29) is 12.1 Å². The molecule has 0 aliphatic rings. The van der Waals surface area contributed by atoms with Gasteiger partial charge < -0.3 is 5.21 Å². The number of fused-ring (bicyclic) bond motifs is 1. The van der Waals surface area contributed by atoms with E-state index >= 15 is 0 Å². The molecule has 0 spiro atoms. The molecule has 2 aromatic rings. The number of hydrogen-bond acceptors (Lipinski definition) is 2. The monoisotopic (exact) mass is 339 g/mol. The van der Waals surface area contributed by atoms with E-state index in [1.54, 1.807) is 5.06 Å². The Hall–Kier alpha value is -1.64. The van der Waals surface area contributed by atoms with E-state index < -0.39 is 0 Å². The summed E-state index contributed by atoms with van der Waals surface area (Å²) in [4.78, 5) is 0. The number of hydroxylamine groups is 2. The fourth-order valence-corrected chi connectivity index (χ4v) is 3.38. The van der Waals surface area contributed by atoms with Gasteiger partial charge in [0.05, 0.1) is 12.1 Å². The Balaban J connectivity index is 2.23. The van der Waals surface area contributed by atoms with E-state index in [9.17, 15) is 5.21 Å². The van der Waals surface area contributed by atoms with Crippen molar-refractivity contribution < 1.29 is 5.21 Å². The summed E-state index contributed by atoms with van der Waals surface area (Å²) in [5.74, 6) is 0.537. The molecule has 25 heavy (non-hydrogen) atoms. The Morgan fingerprint density at radius 3 is 2.48 bits per heavy atom. The minimum atomic E-state index is -0.0503. The minimum Gasteiger partial charge on any atom is -0.313 e. The van der Waals surface area contributed by atoms with Crippen LogP contribution in [-0.4, -0.2) is 16.3 Å². The van der Waals surface area contributed by atoms with E-state index in [0.29, 0.717) is 5.92 Å². The first-order valence-electron chi connectivity index (χ1n) is 9.66. The number of allylic oxidation sites excluding steroid dienone is 1. The van der Waals surface area contributed by atoms with Crippen molar-refractivity contribution in [2.24, 2.45) is 5.92 Å². The Kier molecular flexibility index (Phi) is 7.67. The fourth-order valence-electron chi connectivity index (χ4n) is 3.38. The van der Waals surface area contributed by atoms with Crippen LogP contribution >= 0.6 is 0 Å². The smallest absolute Gasteiger partial charge is 0.0584 e. The van der Waals surface area contributed by atoms with Crippen molar-refractivity contribution in [3.05, 3.63) is 60.2 Å². The molecule has 0 radical (unpaired) electrons. The van der Waals surface area contributed by atoms with Gasteiger partial charge in [-0.15, -0.1) is 0 Å². The van der Waals surface area contributed by atoms with Crippen LogP contribution in [0.4, 0.5) is 0 Å². The second-order valence-corrected chi connectivity index (χ2v) is 7.39. The van der Waals surface area contributed by atoms with Gasteiger partial charge in [-0.1, -0.05) is 88.2 Å². The zero-order valence-corrected chi connectivity index (χ0v) is 16.2. The first kappa shape index (κ1) is 19.7. The van der Waals surface area contributed by atoms with Crippen LogP contribution in [0.5, 0.6) is 0 Å². The van der Waals surface area contributed by atoms with Gasteiger partial charge in [0.1, 0.15) is 0 Å². The van der Waals surface area contributed by atoms with Gasteiger partial charge in [-0.25, -0.2) is 0 Å². The maximum atomic E-state index is 11.0. The van der Waals surface area contributed by atoms with E-state index in [0.717, 1.165) is 12.8 Å². The highest BCUT2D eigenvalue weighted by atomic mass is 16.5. The lowest BCUT2D eigenvalue weighted by molar-refractivity contribution is -0.148. The van der Waals surface area contributed by atoms with Gasteiger partial charge in [0.25, 0.3) is 0 Å². The first-order valence-corrected chi connectivity index (χ1v) is 9.66. The predicted molar refractivity (Wildman–Crippen MR) is 108 cm³/mol. The number of unbranched alkanes of at least 4 members (excludes halogenated alkanes) is 2. The van der Waals surface area contributed by atoms with Crippen LogP contribution in [0, 0.1) is 5.92 Å². The van der Waals surface area contributed by atoms with Crippen molar-refractivity contribution >= 4 is 10.8 Å². The average Bonchev–Trinajstić information content (AvgIpc) is 2.62. The first-order chi connectivity index (χ1) is 12.0. The fraction of sp³-hybridized carbons (Fsp3) is 0.478. The lowest BCUT2D eigenvalue weighted by Crippen LogP contribution is -2.34. The van der Waals surface area contributed by atoms with Crippen molar-refractivity contribution in [3.8, 4) is 0 Å². The standard InChI is InChI=1S/C23H33NO/c1-5-6-7-8-14-21(17-18(2)3)24(25)19(4)22-16-11-13-20-12-9-10-15-23(20)22/h8-16,18-19,21,25H,5-7,17H2,1-4H3/b14-8+. The summed E-state index contributed by atoms with van der Waals surface area (Å²) in [6, 6.07) is 14.7. The maximum absolute atomic E-state index is 11.0. The van der Waals surface area contributed by atoms with E-state index in [1.807, 2.05) is 0 Å². The number of hydrogen-bond donors (Lipinski definition) is 1. The Labute approximate surface area is 153 Å². The molecule has 0 fully saturated rings. The summed E-state index contributed by atoms with van der Waals surface area (Å²) in [6.45, 7) is 8.72. The van der Waals surface area contributed by atoms with Crippen LogP contribution in [-0.2, 0) is 0 Å². The van der Waals surface area contributed by atoms with E-state index in [4.69, 9.17) is 0 Å². The second-order valence-electron chi connectivity index (χ2n) is 7.39. The van der Waals surface area contributed by atoms with Gasteiger partial charge in [-0.2, -0.15) is 5.06 Å². The SMILES string of the molecule is CCCC/C=C/C(CC(C)C)N(O)C(C)c1cccc2ccccc12. The molecule has 0 bridgehead atoms. The summed E-state index contributed by atoms with van der Waals surface area (Å²) in [5, 5.41) is 15.0. The molecule has 0 heterocycles. The molecule has 136 valence electrons. The van der Waals surface area contributed by atoms with Crippen LogP contribution in [0.15, 0.2) is 54.6 Å².